The van der Waals surface area contributed by atoms with Gasteiger partial charge >= 0.3 is 0 Å². The van der Waals surface area contributed by atoms with Crippen LogP contribution in [0, 0.1) is 18.3 Å². The van der Waals surface area contributed by atoms with Crippen LogP contribution in [0.15, 0.2) is 0 Å². The quantitative estimate of drug-likeness (QED) is 0.586. The van der Waals surface area contributed by atoms with Gasteiger partial charge in [0.25, 0.3) is 0 Å². The molecule has 82 valence electrons. The summed E-state index contributed by atoms with van der Waals surface area (Å²) in [4.78, 5) is 0. The van der Waals surface area contributed by atoms with E-state index in [9.17, 15) is 0 Å². The van der Waals surface area contributed by atoms with Crippen LogP contribution >= 0.6 is 0 Å². The molecule has 2 unspecified atom stereocenters. The molecule has 2 atom stereocenters. The Morgan fingerprint density at radius 2 is 2.00 bits per heavy atom. The maximum atomic E-state index is 5.39. The monoisotopic (exact) mass is 195 g/mol. The van der Waals surface area contributed by atoms with Gasteiger partial charge in [-0.2, -0.15) is 0 Å². The van der Waals surface area contributed by atoms with Gasteiger partial charge in [-0.25, -0.2) is 0 Å². The standard InChI is InChI=1S/C13H25N/c1-5-9-11-12(7-3)13(10-6-2)14-8-4/h2,12-14H,5,7-11H2,1,3-4H3. The van der Waals surface area contributed by atoms with E-state index in [0.717, 1.165) is 18.9 Å². The Morgan fingerprint density at radius 3 is 2.43 bits per heavy atom. The molecule has 0 saturated heterocycles. The van der Waals surface area contributed by atoms with Gasteiger partial charge in [-0.3, -0.25) is 0 Å². The van der Waals surface area contributed by atoms with Gasteiger partial charge in [-0.1, -0.05) is 40.0 Å². The summed E-state index contributed by atoms with van der Waals surface area (Å²) in [5.41, 5.74) is 0. The molecule has 0 aromatic carbocycles. The first-order valence-electron chi connectivity index (χ1n) is 5.96. The molecule has 0 radical (unpaired) electrons. The largest absolute Gasteiger partial charge is 0.313 e. The highest BCUT2D eigenvalue weighted by molar-refractivity contribution is 4.92. The molecule has 0 spiro atoms. The topological polar surface area (TPSA) is 12.0 Å². The minimum Gasteiger partial charge on any atom is -0.313 e. The molecule has 0 aromatic rings. The fourth-order valence-electron chi connectivity index (χ4n) is 1.95. The van der Waals surface area contributed by atoms with Crippen LogP contribution in [-0.4, -0.2) is 12.6 Å². The van der Waals surface area contributed by atoms with Gasteiger partial charge in [0.05, 0.1) is 0 Å². The zero-order valence-electron chi connectivity index (χ0n) is 9.97. The van der Waals surface area contributed by atoms with Crippen molar-refractivity contribution in [2.45, 2.75) is 58.9 Å². The first-order chi connectivity index (χ1) is 6.79. The van der Waals surface area contributed by atoms with Crippen LogP contribution in [0.3, 0.4) is 0 Å². The molecule has 0 aliphatic carbocycles. The molecule has 0 fully saturated rings. The summed E-state index contributed by atoms with van der Waals surface area (Å²) in [6, 6.07) is 0.529. The Kier molecular flexibility index (Phi) is 8.78. The maximum absolute atomic E-state index is 5.39. The maximum Gasteiger partial charge on any atom is 0.0243 e. The van der Waals surface area contributed by atoms with Crippen LogP contribution < -0.4 is 5.32 Å². The van der Waals surface area contributed by atoms with Gasteiger partial charge in [0, 0.05) is 12.5 Å². The molecule has 14 heavy (non-hydrogen) atoms. The van der Waals surface area contributed by atoms with Gasteiger partial charge in [0.2, 0.25) is 0 Å². The van der Waals surface area contributed by atoms with Gasteiger partial charge < -0.3 is 5.32 Å². The molecular weight excluding hydrogens is 170 g/mol. The number of hydrogen-bond acceptors (Lipinski definition) is 1. The summed E-state index contributed by atoms with van der Waals surface area (Å²) >= 11 is 0. The minimum atomic E-state index is 0.529. The fraction of sp³-hybridized carbons (Fsp3) is 0.846. The lowest BCUT2D eigenvalue weighted by atomic mass is 9.89. The average Bonchev–Trinajstić information content (AvgIpc) is 2.19. The molecule has 0 aliphatic heterocycles. The van der Waals surface area contributed by atoms with Crippen molar-refractivity contribution in [1.82, 2.24) is 5.32 Å². The highest BCUT2D eigenvalue weighted by Crippen LogP contribution is 2.18. The van der Waals surface area contributed by atoms with Crippen LogP contribution in [0.25, 0.3) is 0 Å². The van der Waals surface area contributed by atoms with E-state index in [-0.39, 0.29) is 0 Å². The lowest BCUT2D eigenvalue weighted by molar-refractivity contribution is 0.325. The summed E-state index contributed by atoms with van der Waals surface area (Å²) in [5.74, 6) is 3.54. The molecule has 0 bridgehead atoms. The summed E-state index contributed by atoms with van der Waals surface area (Å²) < 4.78 is 0. The van der Waals surface area contributed by atoms with E-state index in [2.05, 4.69) is 32.0 Å². The van der Waals surface area contributed by atoms with Crippen LogP contribution in [0.4, 0.5) is 0 Å². The molecule has 0 amide bonds. The van der Waals surface area contributed by atoms with Gasteiger partial charge in [0.1, 0.15) is 0 Å². The fourth-order valence-corrected chi connectivity index (χ4v) is 1.95. The number of nitrogens with one attached hydrogen (secondary N) is 1. The lowest BCUT2D eigenvalue weighted by Crippen LogP contribution is -2.35. The summed E-state index contributed by atoms with van der Waals surface area (Å²) in [7, 11) is 0. The van der Waals surface area contributed by atoms with E-state index in [1.165, 1.54) is 25.7 Å². The Morgan fingerprint density at radius 1 is 1.29 bits per heavy atom. The third-order valence-corrected chi connectivity index (χ3v) is 2.83. The van der Waals surface area contributed by atoms with Crippen molar-refractivity contribution in [2.75, 3.05) is 6.54 Å². The molecule has 0 heterocycles. The third kappa shape index (κ3) is 5.29. The smallest absolute Gasteiger partial charge is 0.0243 e. The number of unbranched alkanes of at least 4 members (excludes halogenated alkanes) is 1. The highest BCUT2D eigenvalue weighted by Gasteiger charge is 2.17. The van der Waals surface area contributed by atoms with Crippen molar-refractivity contribution in [2.24, 2.45) is 5.92 Å². The zero-order valence-corrected chi connectivity index (χ0v) is 9.97. The number of rotatable bonds is 8. The van der Waals surface area contributed by atoms with E-state index < -0.39 is 0 Å². The Labute approximate surface area is 89.7 Å². The normalized spacial score (nSPS) is 14.7. The second kappa shape index (κ2) is 9.09. The predicted molar refractivity (Wildman–Crippen MR) is 64.2 cm³/mol. The predicted octanol–water partition coefficient (Wildman–Crippen LogP) is 3.20. The third-order valence-electron chi connectivity index (χ3n) is 2.83. The first kappa shape index (κ1) is 13.5. The van der Waals surface area contributed by atoms with Crippen molar-refractivity contribution >= 4 is 0 Å². The summed E-state index contributed by atoms with van der Waals surface area (Å²) in [5, 5.41) is 3.50. The van der Waals surface area contributed by atoms with Gasteiger partial charge in [0.15, 0.2) is 0 Å². The molecule has 0 rings (SSSR count). The van der Waals surface area contributed by atoms with E-state index in [0.29, 0.717) is 6.04 Å². The molecule has 1 nitrogen and oxygen atoms in total. The van der Waals surface area contributed by atoms with Gasteiger partial charge in [-0.05, 0) is 18.9 Å². The van der Waals surface area contributed by atoms with Gasteiger partial charge in [-0.15, -0.1) is 12.3 Å². The van der Waals surface area contributed by atoms with E-state index in [1.807, 2.05) is 0 Å². The van der Waals surface area contributed by atoms with Crippen molar-refractivity contribution < 1.29 is 0 Å². The summed E-state index contributed by atoms with van der Waals surface area (Å²) in [6.07, 6.45) is 11.4. The van der Waals surface area contributed by atoms with Crippen molar-refractivity contribution in [1.29, 1.82) is 0 Å². The minimum absolute atomic E-state index is 0.529. The molecular formula is C13H25N. The van der Waals surface area contributed by atoms with Crippen molar-refractivity contribution in [3.63, 3.8) is 0 Å². The molecule has 1 heteroatoms. The van der Waals surface area contributed by atoms with Crippen LogP contribution in [0.5, 0.6) is 0 Å². The molecule has 0 saturated carbocycles. The number of hydrogen-bond donors (Lipinski definition) is 1. The Bertz CT molecular complexity index is 157. The summed E-state index contributed by atoms with van der Waals surface area (Å²) in [6.45, 7) is 7.68. The zero-order chi connectivity index (χ0) is 10.8. The lowest BCUT2D eigenvalue weighted by Gasteiger charge is -2.25. The Balaban J connectivity index is 4.04. The van der Waals surface area contributed by atoms with Crippen molar-refractivity contribution in [3.05, 3.63) is 0 Å². The highest BCUT2D eigenvalue weighted by atomic mass is 14.9. The second-order valence-electron chi connectivity index (χ2n) is 3.88. The van der Waals surface area contributed by atoms with Crippen LogP contribution in [0.1, 0.15) is 52.9 Å². The van der Waals surface area contributed by atoms with Crippen LogP contribution in [0.2, 0.25) is 0 Å². The molecule has 0 aromatic heterocycles. The van der Waals surface area contributed by atoms with E-state index >= 15 is 0 Å². The number of terminal acetylenes is 1. The SMILES string of the molecule is C#CCC(NCC)C(CC)CCCC. The van der Waals surface area contributed by atoms with Crippen LogP contribution in [-0.2, 0) is 0 Å². The first-order valence-corrected chi connectivity index (χ1v) is 5.96. The van der Waals surface area contributed by atoms with Crippen molar-refractivity contribution in [3.8, 4) is 12.3 Å². The van der Waals surface area contributed by atoms with E-state index in [1.54, 1.807) is 0 Å². The molecule has 1 N–H and O–H groups in total. The molecule has 0 aliphatic rings. The Hall–Kier alpha value is -0.480. The second-order valence-corrected chi connectivity index (χ2v) is 3.88. The van der Waals surface area contributed by atoms with E-state index in [4.69, 9.17) is 6.42 Å². The average molecular weight is 195 g/mol.